The quantitative estimate of drug-likeness (QED) is 0.283. The molecule has 0 radical (unpaired) electrons. The molecular formula is C19H27N6O2+. The summed E-state index contributed by atoms with van der Waals surface area (Å²) in [5, 5.41) is 3.09. The largest absolute Gasteiger partial charge is 0.495 e. The molecule has 1 aliphatic carbocycles. The molecule has 0 spiro atoms. The molecule has 0 unspecified atom stereocenters. The summed E-state index contributed by atoms with van der Waals surface area (Å²) in [5.41, 5.74) is 4.60. The van der Waals surface area contributed by atoms with E-state index in [4.69, 9.17) is 15.3 Å². The molecule has 27 heavy (non-hydrogen) atoms. The van der Waals surface area contributed by atoms with Gasteiger partial charge in [0.1, 0.15) is 11.6 Å². The molecule has 1 aromatic carbocycles. The molecule has 0 aliphatic heterocycles. The second-order valence-electron chi connectivity index (χ2n) is 6.54. The summed E-state index contributed by atoms with van der Waals surface area (Å²) in [4.78, 5) is 11.7. The first-order valence-electron chi connectivity index (χ1n) is 9.11. The predicted octanol–water partition coefficient (Wildman–Crippen LogP) is 1.86. The van der Waals surface area contributed by atoms with Crippen molar-refractivity contribution in [1.82, 2.24) is 10.4 Å². The van der Waals surface area contributed by atoms with Crippen LogP contribution in [0.5, 0.6) is 11.6 Å². The van der Waals surface area contributed by atoms with Gasteiger partial charge in [-0.05, 0) is 41.4 Å². The normalized spacial score (nSPS) is 14.4. The highest BCUT2D eigenvalue weighted by Crippen LogP contribution is 2.27. The third-order valence-electron chi connectivity index (χ3n) is 4.69. The number of hydrazine groups is 1. The lowest BCUT2D eigenvalue weighted by molar-refractivity contribution is -0.399. The van der Waals surface area contributed by atoms with Crippen LogP contribution < -0.4 is 31.0 Å². The zero-order valence-electron chi connectivity index (χ0n) is 15.8. The summed E-state index contributed by atoms with van der Waals surface area (Å²) in [6.07, 6.45) is 5.89. The van der Waals surface area contributed by atoms with Gasteiger partial charge in [-0.25, -0.2) is 10.8 Å². The smallest absolute Gasteiger partial charge is 0.289 e. The number of aromatic amines is 1. The van der Waals surface area contributed by atoms with E-state index in [0.717, 1.165) is 23.6 Å². The van der Waals surface area contributed by atoms with Crippen molar-refractivity contribution in [2.75, 3.05) is 26.1 Å². The van der Waals surface area contributed by atoms with Crippen molar-refractivity contribution in [3.8, 4) is 11.6 Å². The van der Waals surface area contributed by atoms with Crippen LogP contribution in [0.1, 0.15) is 24.8 Å². The highest BCUT2D eigenvalue weighted by molar-refractivity contribution is 5.86. The van der Waals surface area contributed by atoms with Crippen molar-refractivity contribution in [3.63, 3.8) is 0 Å². The molecule has 0 saturated heterocycles. The van der Waals surface area contributed by atoms with Crippen molar-refractivity contribution in [3.05, 3.63) is 36.2 Å². The second-order valence-corrected chi connectivity index (χ2v) is 6.54. The minimum absolute atomic E-state index is 0.523. The van der Waals surface area contributed by atoms with E-state index in [2.05, 4.69) is 25.7 Å². The first-order valence-corrected chi connectivity index (χ1v) is 9.11. The van der Waals surface area contributed by atoms with Gasteiger partial charge in [0.25, 0.3) is 18.0 Å². The molecule has 1 aromatic heterocycles. The molecule has 8 heteroatoms. The Kier molecular flexibility index (Phi) is 6.43. The van der Waals surface area contributed by atoms with Gasteiger partial charge in [0.05, 0.1) is 25.5 Å². The summed E-state index contributed by atoms with van der Waals surface area (Å²) in [7, 11) is 3.50. The SMILES string of the molecule is CNc1ccc(CC(=Nc2cc(OCC3CCC3)[nH+]cn2)NN)cc1OC. The molecule has 0 bridgehead atoms. The average molecular weight is 371 g/mol. The molecule has 1 aliphatic rings. The van der Waals surface area contributed by atoms with Gasteiger partial charge in [-0.3, -0.25) is 0 Å². The lowest BCUT2D eigenvalue weighted by Gasteiger charge is -2.24. The summed E-state index contributed by atoms with van der Waals surface area (Å²) >= 11 is 0. The maximum atomic E-state index is 5.80. The molecule has 8 nitrogen and oxygen atoms in total. The molecule has 0 atom stereocenters. The maximum Gasteiger partial charge on any atom is 0.289 e. The zero-order chi connectivity index (χ0) is 19.1. The zero-order valence-corrected chi connectivity index (χ0v) is 15.8. The number of ether oxygens (including phenoxy) is 2. The van der Waals surface area contributed by atoms with Gasteiger partial charge in [0.2, 0.25) is 0 Å². The Morgan fingerprint density at radius 1 is 1.37 bits per heavy atom. The van der Waals surface area contributed by atoms with Crippen LogP contribution in [-0.2, 0) is 6.42 Å². The van der Waals surface area contributed by atoms with E-state index in [9.17, 15) is 0 Å². The van der Waals surface area contributed by atoms with Crippen LogP contribution in [0, 0.1) is 5.92 Å². The lowest BCUT2D eigenvalue weighted by atomic mass is 9.86. The van der Waals surface area contributed by atoms with Crippen LogP contribution in [0.15, 0.2) is 35.6 Å². The molecule has 0 amide bonds. The second kappa shape index (κ2) is 9.18. The van der Waals surface area contributed by atoms with E-state index in [1.54, 1.807) is 19.5 Å². The Bertz CT molecular complexity index is 792. The average Bonchev–Trinajstić information content (AvgIpc) is 2.66. The number of nitrogens with one attached hydrogen (secondary N) is 3. The van der Waals surface area contributed by atoms with Crippen molar-refractivity contribution in [2.45, 2.75) is 25.7 Å². The van der Waals surface area contributed by atoms with Crippen molar-refractivity contribution >= 4 is 17.3 Å². The molecule has 1 saturated carbocycles. The number of nitrogens with zero attached hydrogens (tertiary/aromatic N) is 2. The number of rotatable bonds is 8. The topological polar surface area (TPSA) is 108 Å². The van der Waals surface area contributed by atoms with Crippen molar-refractivity contribution in [1.29, 1.82) is 0 Å². The van der Waals surface area contributed by atoms with E-state index in [1.807, 2.05) is 25.2 Å². The maximum absolute atomic E-state index is 5.80. The Hall–Kier alpha value is -2.87. The fraction of sp³-hybridized carbons (Fsp3) is 0.421. The Balaban J connectivity index is 1.70. The van der Waals surface area contributed by atoms with Crippen LogP contribution in [0.25, 0.3) is 0 Å². The number of aliphatic imine (C=N–C) groups is 1. The first-order chi connectivity index (χ1) is 13.2. The number of anilines is 1. The van der Waals surface area contributed by atoms with Gasteiger partial charge in [0, 0.05) is 13.5 Å². The van der Waals surface area contributed by atoms with Crippen LogP contribution in [0.3, 0.4) is 0 Å². The van der Waals surface area contributed by atoms with Crippen molar-refractivity contribution in [2.24, 2.45) is 16.8 Å². The molecule has 144 valence electrons. The summed E-state index contributed by atoms with van der Waals surface area (Å²) in [5.74, 6) is 8.88. The predicted molar refractivity (Wildman–Crippen MR) is 104 cm³/mol. The Labute approximate surface area is 159 Å². The number of aromatic nitrogens is 2. The number of H-pyrrole nitrogens is 1. The number of benzene rings is 1. The molecule has 5 N–H and O–H groups in total. The number of hydrogen-bond donors (Lipinski definition) is 3. The fourth-order valence-corrected chi connectivity index (χ4v) is 2.88. The number of amidine groups is 1. The van der Waals surface area contributed by atoms with Gasteiger partial charge < -0.3 is 20.2 Å². The summed E-state index contributed by atoms with van der Waals surface area (Å²) in [6, 6.07) is 7.70. The minimum Gasteiger partial charge on any atom is -0.495 e. The van der Waals surface area contributed by atoms with Gasteiger partial charge in [-0.1, -0.05) is 12.5 Å². The summed E-state index contributed by atoms with van der Waals surface area (Å²) < 4.78 is 11.2. The fourth-order valence-electron chi connectivity index (χ4n) is 2.88. The van der Waals surface area contributed by atoms with Gasteiger partial charge in [0.15, 0.2) is 0 Å². The van der Waals surface area contributed by atoms with Crippen LogP contribution in [-0.4, -0.2) is 31.6 Å². The van der Waals surface area contributed by atoms with E-state index in [1.165, 1.54) is 19.3 Å². The monoisotopic (exact) mass is 371 g/mol. The number of methoxy groups -OCH3 is 1. The highest BCUT2D eigenvalue weighted by Gasteiger charge is 2.19. The number of hydrogen-bond acceptors (Lipinski definition) is 6. The minimum atomic E-state index is 0.523. The number of nitrogens with two attached hydrogens (primary N) is 1. The first kappa shape index (κ1) is 18.9. The van der Waals surface area contributed by atoms with Gasteiger partial charge in [-0.2, -0.15) is 4.99 Å². The molecule has 1 heterocycles. The molecule has 3 rings (SSSR count). The summed E-state index contributed by atoms with van der Waals surface area (Å²) in [6.45, 7) is 0.725. The van der Waals surface area contributed by atoms with Crippen LogP contribution in [0.4, 0.5) is 11.5 Å². The van der Waals surface area contributed by atoms with E-state index in [-0.39, 0.29) is 0 Å². The Morgan fingerprint density at radius 3 is 2.89 bits per heavy atom. The standard InChI is InChI=1S/C19H26N6O2/c1-21-15-7-6-14(8-16(15)26-2)9-18(25-20)24-17-10-19(23-12-22-17)27-11-13-4-3-5-13/h6-8,10,12-13,21H,3-5,9,11,20H2,1-2H3,(H,22,23,24,25)/p+1. The van der Waals surface area contributed by atoms with Crippen molar-refractivity contribution < 1.29 is 14.5 Å². The van der Waals surface area contributed by atoms with Crippen LogP contribution >= 0.6 is 0 Å². The molecule has 2 aromatic rings. The van der Waals surface area contributed by atoms with E-state index >= 15 is 0 Å². The Morgan fingerprint density at radius 2 is 2.22 bits per heavy atom. The highest BCUT2D eigenvalue weighted by atomic mass is 16.5. The van der Waals surface area contributed by atoms with Crippen LogP contribution in [0.2, 0.25) is 0 Å². The lowest BCUT2D eigenvalue weighted by Crippen LogP contribution is -2.31. The third kappa shape index (κ3) is 5.07. The molecular weight excluding hydrogens is 344 g/mol. The van der Waals surface area contributed by atoms with E-state index < -0.39 is 0 Å². The van der Waals surface area contributed by atoms with Gasteiger partial charge in [-0.15, -0.1) is 0 Å². The third-order valence-corrected chi connectivity index (χ3v) is 4.69. The van der Waals surface area contributed by atoms with Gasteiger partial charge >= 0.3 is 0 Å². The van der Waals surface area contributed by atoms with E-state index in [0.29, 0.717) is 29.9 Å². The molecule has 1 fully saturated rings.